The standard InChI is InChI=1S/C20H18FN5O3S2/c1-12-24-26-20(31-12)30-11-14-9-13(3-8-17(14)29-2)10-22-25-19(28)18(27)23-16-6-4-15(21)5-7-16/h3-10H,11H2,1-2H3,(H,23,27)(H,25,28)/b22-10-. The van der Waals surface area contributed by atoms with Gasteiger partial charge in [0.2, 0.25) is 0 Å². The normalized spacial score (nSPS) is 10.8. The van der Waals surface area contributed by atoms with Gasteiger partial charge in [0.05, 0.1) is 13.3 Å². The van der Waals surface area contributed by atoms with E-state index in [1.807, 2.05) is 13.0 Å². The molecule has 0 atom stereocenters. The maximum Gasteiger partial charge on any atom is 0.329 e. The van der Waals surface area contributed by atoms with Gasteiger partial charge in [-0.3, -0.25) is 9.59 Å². The Bertz CT molecular complexity index is 1100. The van der Waals surface area contributed by atoms with E-state index in [1.54, 1.807) is 31.0 Å². The molecule has 0 saturated carbocycles. The molecule has 0 fully saturated rings. The molecule has 2 amide bonds. The number of methoxy groups -OCH3 is 1. The number of hydrogen-bond acceptors (Lipinski definition) is 8. The monoisotopic (exact) mass is 459 g/mol. The lowest BCUT2D eigenvalue weighted by Crippen LogP contribution is -2.32. The fraction of sp³-hybridized carbons (Fsp3) is 0.150. The van der Waals surface area contributed by atoms with Gasteiger partial charge in [0.1, 0.15) is 16.6 Å². The third kappa shape index (κ3) is 6.59. The van der Waals surface area contributed by atoms with Crippen molar-refractivity contribution < 1.29 is 18.7 Å². The molecule has 8 nitrogen and oxygen atoms in total. The van der Waals surface area contributed by atoms with Crippen LogP contribution in [0.4, 0.5) is 10.1 Å². The van der Waals surface area contributed by atoms with E-state index < -0.39 is 17.6 Å². The minimum Gasteiger partial charge on any atom is -0.496 e. The number of aromatic nitrogens is 2. The van der Waals surface area contributed by atoms with Crippen LogP contribution in [0.15, 0.2) is 51.9 Å². The van der Waals surface area contributed by atoms with Gasteiger partial charge in [-0.05, 0) is 55.0 Å². The number of thioether (sulfide) groups is 1. The lowest BCUT2D eigenvalue weighted by molar-refractivity contribution is -0.136. The lowest BCUT2D eigenvalue weighted by atomic mass is 10.1. The molecule has 0 aliphatic carbocycles. The van der Waals surface area contributed by atoms with Gasteiger partial charge < -0.3 is 10.1 Å². The molecule has 3 rings (SSSR count). The molecule has 31 heavy (non-hydrogen) atoms. The third-order valence-corrected chi connectivity index (χ3v) is 5.87. The summed E-state index contributed by atoms with van der Waals surface area (Å²) >= 11 is 3.06. The van der Waals surface area contributed by atoms with E-state index in [4.69, 9.17) is 4.74 Å². The number of ether oxygens (including phenoxy) is 1. The van der Waals surface area contributed by atoms with Crippen LogP contribution in [0.5, 0.6) is 5.75 Å². The van der Waals surface area contributed by atoms with Crippen LogP contribution in [0.1, 0.15) is 16.1 Å². The van der Waals surface area contributed by atoms with E-state index in [2.05, 4.69) is 26.0 Å². The number of amides is 2. The number of anilines is 1. The zero-order valence-electron chi connectivity index (χ0n) is 16.6. The van der Waals surface area contributed by atoms with Crippen molar-refractivity contribution in [3.63, 3.8) is 0 Å². The molecule has 0 saturated heterocycles. The van der Waals surface area contributed by atoms with Crippen molar-refractivity contribution in [2.75, 3.05) is 12.4 Å². The Labute approximate surface area is 185 Å². The van der Waals surface area contributed by atoms with Gasteiger partial charge >= 0.3 is 11.8 Å². The van der Waals surface area contributed by atoms with E-state index in [0.717, 1.165) is 14.9 Å². The predicted octanol–water partition coefficient (Wildman–Crippen LogP) is 3.38. The minimum absolute atomic E-state index is 0.299. The Balaban J connectivity index is 1.58. The third-order valence-electron chi connectivity index (χ3n) is 3.85. The van der Waals surface area contributed by atoms with Crippen molar-refractivity contribution >= 4 is 46.8 Å². The van der Waals surface area contributed by atoms with Crippen LogP contribution in [-0.2, 0) is 15.3 Å². The number of carbonyl (C=O) groups excluding carboxylic acids is 2. The number of carbonyl (C=O) groups is 2. The summed E-state index contributed by atoms with van der Waals surface area (Å²) in [6.07, 6.45) is 1.42. The lowest BCUT2D eigenvalue weighted by Gasteiger charge is -2.08. The quantitative estimate of drug-likeness (QED) is 0.243. The summed E-state index contributed by atoms with van der Waals surface area (Å²) < 4.78 is 19.2. The summed E-state index contributed by atoms with van der Waals surface area (Å²) in [5.74, 6) is -0.970. The molecule has 0 aliphatic heterocycles. The highest BCUT2D eigenvalue weighted by molar-refractivity contribution is 8.00. The van der Waals surface area contributed by atoms with E-state index in [0.29, 0.717) is 22.8 Å². The zero-order valence-corrected chi connectivity index (χ0v) is 18.2. The average Bonchev–Trinajstić information content (AvgIpc) is 3.19. The molecule has 2 N–H and O–H groups in total. The van der Waals surface area contributed by atoms with Crippen LogP contribution in [0.3, 0.4) is 0 Å². The Kier molecular flexibility index (Phi) is 7.68. The Morgan fingerprint density at radius 1 is 1.19 bits per heavy atom. The van der Waals surface area contributed by atoms with Gasteiger partial charge in [0, 0.05) is 17.0 Å². The van der Waals surface area contributed by atoms with Crippen molar-refractivity contribution in [1.29, 1.82) is 0 Å². The number of benzene rings is 2. The SMILES string of the molecule is COc1ccc(/C=N\NC(=O)C(=O)Nc2ccc(F)cc2)cc1CSc1nnc(C)s1. The van der Waals surface area contributed by atoms with Gasteiger partial charge in [-0.15, -0.1) is 10.2 Å². The molecule has 0 radical (unpaired) electrons. The molecule has 160 valence electrons. The Morgan fingerprint density at radius 3 is 2.65 bits per heavy atom. The highest BCUT2D eigenvalue weighted by Crippen LogP contribution is 2.30. The van der Waals surface area contributed by atoms with Crippen LogP contribution in [-0.4, -0.2) is 35.3 Å². The van der Waals surface area contributed by atoms with Crippen LogP contribution in [0, 0.1) is 12.7 Å². The molecule has 0 bridgehead atoms. The molecule has 0 aliphatic rings. The van der Waals surface area contributed by atoms with E-state index in [9.17, 15) is 14.0 Å². The van der Waals surface area contributed by atoms with Gasteiger partial charge in [0.25, 0.3) is 0 Å². The van der Waals surface area contributed by atoms with E-state index in [1.165, 1.54) is 41.8 Å². The molecule has 2 aromatic carbocycles. The topological polar surface area (TPSA) is 106 Å². The van der Waals surface area contributed by atoms with Crippen LogP contribution in [0.25, 0.3) is 0 Å². The van der Waals surface area contributed by atoms with Gasteiger partial charge in [-0.25, -0.2) is 9.82 Å². The van der Waals surface area contributed by atoms with Gasteiger partial charge in [-0.1, -0.05) is 23.1 Å². The average molecular weight is 460 g/mol. The first-order chi connectivity index (χ1) is 14.9. The summed E-state index contributed by atoms with van der Waals surface area (Å²) in [5.41, 5.74) is 4.10. The maximum atomic E-state index is 12.9. The summed E-state index contributed by atoms with van der Waals surface area (Å²) in [6, 6.07) is 10.5. The zero-order chi connectivity index (χ0) is 22.2. The number of nitrogens with one attached hydrogen (secondary N) is 2. The first kappa shape index (κ1) is 22.4. The number of halogens is 1. The van der Waals surface area contributed by atoms with Crippen molar-refractivity contribution in [2.45, 2.75) is 17.0 Å². The van der Waals surface area contributed by atoms with E-state index >= 15 is 0 Å². The molecule has 0 unspecified atom stereocenters. The number of aryl methyl sites for hydroxylation is 1. The van der Waals surface area contributed by atoms with Crippen LogP contribution in [0.2, 0.25) is 0 Å². The summed E-state index contributed by atoms with van der Waals surface area (Å²) in [6.45, 7) is 1.90. The van der Waals surface area contributed by atoms with Crippen molar-refractivity contribution in [3.8, 4) is 5.75 Å². The number of nitrogens with zero attached hydrogens (tertiary/aromatic N) is 3. The molecular weight excluding hydrogens is 441 g/mol. The highest BCUT2D eigenvalue weighted by atomic mass is 32.2. The van der Waals surface area contributed by atoms with Gasteiger partial charge in [0.15, 0.2) is 4.34 Å². The highest BCUT2D eigenvalue weighted by Gasteiger charge is 2.13. The van der Waals surface area contributed by atoms with E-state index in [-0.39, 0.29) is 0 Å². The molecule has 0 spiro atoms. The summed E-state index contributed by atoms with van der Waals surface area (Å²) in [7, 11) is 1.59. The first-order valence-electron chi connectivity index (χ1n) is 8.94. The molecule has 1 heterocycles. The fourth-order valence-electron chi connectivity index (χ4n) is 2.41. The number of hydrazone groups is 1. The number of hydrogen-bond donors (Lipinski definition) is 2. The second-order valence-corrected chi connectivity index (χ2v) is 8.51. The van der Waals surface area contributed by atoms with Crippen LogP contribution >= 0.6 is 23.1 Å². The van der Waals surface area contributed by atoms with Crippen molar-refractivity contribution in [2.24, 2.45) is 5.10 Å². The largest absolute Gasteiger partial charge is 0.496 e. The molecule has 1 aromatic heterocycles. The van der Waals surface area contributed by atoms with Crippen LogP contribution < -0.4 is 15.5 Å². The second kappa shape index (κ2) is 10.6. The van der Waals surface area contributed by atoms with Gasteiger partial charge in [-0.2, -0.15) is 5.10 Å². The summed E-state index contributed by atoms with van der Waals surface area (Å²) in [5, 5.41) is 15.2. The Morgan fingerprint density at radius 2 is 1.97 bits per heavy atom. The maximum absolute atomic E-state index is 12.9. The molecular formula is C20H18FN5O3S2. The molecule has 3 aromatic rings. The fourth-order valence-corrected chi connectivity index (χ4v) is 4.20. The molecule has 11 heteroatoms. The minimum atomic E-state index is -0.948. The number of rotatable bonds is 7. The first-order valence-corrected chi connectivity index (χ1v) is 10.7. The second-order valence-electron chi connectivity index (χ2n) is 6.11. The Hall–Kier alpha value is -3.31. The van der Waals surface area contributed by atoms with Crippen molar-refractivity contribution in [1.82, 2.24) is 15.6 Å². The predicted molar refractivity (Wildman–Crippen MR) is 118 cm³/mol. The summed E-state index contributed by atoms with van der Waals surface area (Å²) in [4.78, 5) is 23.8. The smallest absolute Gasteiger partial charge is 0.329 e. The van der Waals surface area contributed by atoms with Crippen molar-refractivity contribution in [3.05, 3.63) is 64.4 Å².